The zero-order chi connectivity index (χ0) is 6.91. The molecule has 5 heteroatoms. The van der Waals surface area contributed by atoms with Crippen LogP contribution in [0.4, 0.5) is 4.79 Å². The highest BCUT2D eigenvalue weighted by molar-refractivity contribution is 5.64. The standard InChI is InChI=1S/C4H6O5/c5-2-1-4(7)8-3(6)9-4/h5,7H,1-2H2. The Hall–Kier alpha value is -0.810. The van der Waals surface area contributed by atoms with E-state index >= 15 is 0 Å². The minimum absolute atomic E-state index is 0.112. The Balaban J connectivity index is 2.31. The summed E-state index contributed by atoms with van der Waals surface area (Å²) in [5, 5.41) is 17.0. The normalized spacial score (nSPS) is 21.8. The van der Waals surface area contributed by atoms with E-state index in [1.807, 2.05) is 0 Å². The molecule has 1 aliphatic heterocycles. The first-order valence-electron chi connectivity index (χ1n) is 2.41. The number of hydrogen-bond acceptors (Lipinski definition) is 5. The van der Waals surface area contributed by atoms with Gasteiger partial charge < -0.3 is 19.7 Å². The fourth-order valence-corrected chi connectivity index (χ4v) is 0.511. The molecular formula is C4H6O5. The SMILES string of the molecule is O=C1OC(O)(CCO)O1. The van der Waals surface area contributed by atoms with Gasteiger partial charge in [-0.15, -0.1) is 0 Å². The second kappa shape index (κ2) is 1.85. The molecule has 0 amide bonds. The smallest absolute Gasteiger partial charge is 0.396 e. The van der Waals surface area contributed by atoms with Gasteiger partial charge in [-0.3, -0.25) is 0 Å². The van der Waals surface area contributed by atoms with Crippen molar-refractivity contribution >= 4 is 6.16 Å². The van der Waals surface area contributed by atoms with Crippen LogP contribution in [-0.2, 0) is 9.47 Å². The lowest BCUT2D eigenvalue weighted by atomic mass is 10.4. The highest BCUT2D eigenvalue weighted by Crippen LogP contribution is 2.24. The van der Waals surface area contributed by atoms with Gasteiger partial charge in [0.1, 0.15) is 0 Å². The Bertz CT molecular complexity index is 123. The van der Waals surface area contributed by atoms with Gasteiger partial charge in [0, 0.05) is 0 Å². The van der Waals surface area contributed by atoms with Crippen LogP contribution >= 0.6 is 0 Å². The van der Waals surface area contributed by atoms with Gasteiger partial charge in [-0.05, 0) is 0 Å². The van der Waals surface area contributed by atoms with Crippen LogP contribution in [0.15, 0.2) is 0 Å². The molecule has 1 heterocycles. The molecule has 0 unspecified atom stereocenters. The minimum atomic E-state index is -1.86. The van der Waals surface area contributed by atoms with E-state index in [-0.39, 0.29) is 13.0 Å². The van der Waals surface area contributed by atoms with Gasteiger partial charge in [0.25, 0.3) is 0 Å². The van der Waals surface area contributed by atoms with E-state index in [0.717, 1.165) is 0 Å². The summed E-state index contributed by atoms with van der Waals surface area (Å²) in [5.74, 6) is -1.86. The van der Waals surface area contributed by atoms with E-state index in [1.54, 1.807) is 0 Å². The Morgan fingerprint density at radius 3 is 2.44 bits per heavy atom. The zero-order valence-electron chi connectivity index (χ0n) is 4.53. The summed E-state index contributed by atoms with van der Waals surface area (Å²) in [7, 11) is 0. The molecule has 0 radical (unpaired) electrons. The quantitative estimate of drug-likeness (QED) is 0.482. The average Bonchev–Trinajstić information content (AvgIpc) is 1.62. The van der Waals surface area contributed by atoms with Gasteiger partial charge >= 0.3 is 12.1 Å². The third-order valence-electron chi connectivity index (χ3n) is 0.913. The van der Waals surface area contributed by atoms with Crippen molar-refractivity contribution in [1.82, 2.24) is 0 Å². The molecule has 5 nitrogen and oxygen atoms in total. The number of carbonyl (C=O) groups is 1. The summed E-state index contributed by atoms with van der Waals surface area (Å²) in [6.45, 7) is -0.288. The van der Waals surface area contributed by atoms with Crippen molar-refractivity contribution < 1.29 is 24.5 Å². The monoisotopic (exact) mass is 134 g/mol. The molecule has 1 aliphatic rings. The van der Waals surface area contributed by atoms with E-state index in [0.29, 0.717) is 0 Å². The Kier molecular flexibility index (Phi) is 1.30. The molecular weight excluding hydrogens is 128 g/mol. The van der Waals surface area contributed by atoms with Crippen LogP contribution in [0.25, 0.3) is 0 Å². The molecule has 0 aromatic carbocycles. The minimum Gasteiger partial charge on any atom is -0.396 e. The van der Waals surface area contributed by atoms with Crippen LogP contribution in [0.1, 0.15) is 6.42 Å². The summed E-state index contributed by atoms with van der Waals surface area (Å²) in [4.78, 5) is 9.90. The lowest BCUT2D eigenvalue weighted by Crippen LogP contribution is -2.50. The van der Waals surface area contributed by atoms with Crippen LogP contribution in [0.3, 0.4) is 0 Å². The predicted octanol–water partition coefficient (Wildman–Crippen LogP) is -0.818. The van der Waals surface area contributed by atoms with E-state index < -0.39 is 12.1 Å². The zero-order valence-corrected chi connectivity index (χ0v) is 4.53. The fraction of sp³-hybridized carbons (Fsp3) is 0.750. The van der Waals surface area contributed by atoms with Crippen molar-refractivity contribution in [2.75, 3.05) is 6.61 Å². The molecule has 1 fully saturated rings. The molecule has 9 heavy (non-hydrogen) atoms. The van der Waals surface area contributed by atoms with E-state index in [4.69, 9.17) is 10.2 Å². The molecule has 0 bridgehead atoms. The third-order valence-corrected chi connectivity index (χ3v) is 0.913. The lowest BCUT2D eigenvalue weighted by molar-refractivity contribution is -0.389. The molecule has 0 spiro atoms. The fourth-order valence-electron chi connectivity index (χ4n) is 0.511. The summed E-state index contributed by atoms with van der Waals surface area (Å²) in [6.07, 6.45) is -1.02. The first-order chi connectivity index (χ1) is 4.16. The molecule has 52 valence electrons. The van der Waals surface area contributed by atoms with E-state index in [1.165, 1.54) is 0 Å². The van der Waals surface area contributed by atoms with Crippen molar-refractivity contribution in [3.63, 3.8) is 0 Å². The van der Waals surface area contributed by atoms with Crippen molar-refractivity contribution in [3.8, 4) is 0 Å². The van der Waals surface area contributed by atoms with Crippen molar-refractivity contribution in [1.29, 1.82) is 0 Å². The molecule has 0 aromatic rings. The Morgan fingerprint density at radius 2 is 2.11 bits per heavy atom. The third kappa shape index (κ3) is 1.11. The van der Waals surface area contributed by atoms with Gasteiger partial charge in [-0.25, -0.2) is 4.79 Å². The average molecular weight is 134 g/mol. The van der Waals surface area contributed by atoms with Gasteiger partial charge in [-0.2, -0.15) is 0 Å². The topological polar surface area (TPSA) is 76.0 Å². The molecule has 1 rings (SSSR count). The number of aliphatic hydroxyl groups excluding tert-OH is 1. The number of hydrogen-bond donors (Lipinski definition) is 2. The lowest BCUT2D eigenvalue weighted by Gasteiger charge is -2.33. The van der Waals surface area contributed by atoms with Crippen molar-refractivity contribution in [3.05, 3.63) is 0 Å². The van der Waals surface area contributed by atoms with Crippen LogP contribution < -0.4 is 0 Å². The second-order valence-corrected chi connectivity index (χ2v) is 1.64. The number of rotatable bonds is 2. The first-order valence-corrected chi connectivity index (χ1v) is 2.41. The number of aliphatic hydroxyl groups is 2. The summed E-state index contributed by atoms with van der Waals surface area (Å²) < 4.78 is 8.20. The summed E-state index contributed by atoms with van der Waals surface area (Å²) >= 11 is 0. The van der Waals surface area contributed by atoms with E-state index in [9.17, 15) is 4.79 Å². The van der Waals surface area contributed by atoms with Crippen molar-refractivity contribution in [2.24, 2.45) is 0 Å². The van der Waals surface area contributed by atoms with Gasteiger partial charge in [-0.1, -0.05) is 0 Å². The van der Waals surface area contributed by atoms with Crippen LogP contribution in [0.2, 0.25) is 0 Å². The van der Waals surface area contributed by atoms with Crippen LogP contribution in [-0.4, -0.2) is 28.9 Å². The maximum Gasteiger partial charge on any atom is 0.518 e. The highest BCUT2D eigenvalue weighted by Gasteiger charge is 2.46. The van der Waals surface area contributed by atoms with Crippen molar-refractivity contribution in [2.45, 2.75) is 12.4 Å². The predicted molar refractivity (Wildman–Crippen MR) is 24.2 cm³/mol. The van der Waals surface area contributed by atoms with Crippen LogP contribution in [0, 0.1) is 0 Å². The number of ether oxygens (including phenoxy) is 2. The van der Waals surface area contributed by atoms with E-state index in [2.05, 4.69) is 9.47 Å². The maximum absolute atomic E-state index is 9.90. The number of cyclic esters (lactones) is 2. The Morgan fingerprint density at radius 1 is 1.56 bits per heavy atom. The summed E-state index contributed by atoms with van der Waals surface area (Å²) in [5.41, 5.74) is 0. The highest BCUT2D eigenvalue weighted by atomic mass is 17.0. The van der Waals surface area contributed by atoms with Crippen LogP contribution in [0.5, 0.6) is 0 Å². The maximum atomic E-state index is 9.90. The van der Waals surface area contributed by atoms with Gasteiger partial charge in [0.15, 0.2) is 0 Å². The molecule has 0 saturated carbocycles. The molecule has 1 saturated heterocycles. The molecule has 2 N–H and O–H groups in total. The molecule has 0 atom stereocenters. The summed E-state index contributed by atoms with van der Waals surface area (Å²) in [6, 6.07) is 0. The van der Waals surface area contributed by atoms with Gasteiger partial charge in [0.2, 0.25) is 0 Å². The molecule has 0 aromatic heterocycles. The largest absolute Gasteiger partial charge is 0.518 e. The number of carbonyl (C=O) groups excluding carboxylic acids is 1. The second-order valence-electron chi connectivity index (χ2n) is 1.64. The first kappa shape index (κ1) is 6.31. The van der Waals surface area contributed by atoms with Gasteiger partial charge in [0.05, 0.1) is 13.0 Å². The molecule has 0 aliphatic carbocycles. The Labute approximate surface area is 50.8 Å².